The van der Waals surface area contributed by atoms with E-state index in [0.29, 0.717) is 19.8 Å². The lowest BCUT2D eigenvalue weighted by molar-refractivity contribution is 0.120. The predicted octanol–water partition coefficient (Wildman–Crippen LogP) is 3.39. The predicted molar refractivity (Wildman–Crippen MR) is 94.5 cm³/mol. The average molecular weight is 327 g/mol. The Hall–Kier alpha value is -2.40. The van der Waals surface area contributed by atoms with Crippen LogP contribution in [0.1, 0.15) is 30.5 Å². The van der Waals surface area contributed by atoms with Crippen LogP contribution in [-0.2, 0) is 11.3 Å². The molecule has 0 aliphatic rings. The number of pyridine rings is 1. The molecular formula is C19H25N3O2. The Kier molecular flexibility index (Phi) is 7.23. The van der Waals surface area contributed by atoms with Crippen molar-refractivity contribution in [2.24, 2.45) is 0 Å². The van der Waals surface area contributed by atoms with E-state index >= 15 is 0 Å². The SMILES string of the molecule is CCC(c1cccnc1)N(C)C(=O)NCCOCc1ccccc1. The average Bonchev–Trinajstić information content (AvgIpc) is 2.63. The fourth-order valence-electron chi connectivity index (χ4n) is 2.57. The van der Waals surface area contributed by atoms with Gasteiger partial charge in [-0.3, -0.25) is 4.98 Å². The van der Waals surface area contributed by atoms with Crippen LogP contribution in [0.3, 0.4) is 0 Å². The number of amides is 2. The van der Waals surface area contributed by atoms with Gasteiger partial charge >= 0.3 is 6.03 Å². The molecule has 24 heavy (non-hydrogen) atoms. The second-order valence-electron chi connectivity index (χ2n) is 5.59. The highest BCUT2D eigenvalue weighted by Crippen LogP contribution is 2.21. The van der Waals surface area contributed by atoms with E-state index in [1.165, 1.54) is 0 Å². The normalized spacial score (nSPS) is 11.8. The Labute approximate surface area is 143 Å². The number of aromatic nitrogens is 1. The highest BCUT2D eigenvalue weighted by atomic mass is 16.5. The monoisotopic (exact) mass is 327 g/mol. The van der Waals surface area contributed by atoms with Crippen molar-refractivity contribution < 1.29 is 9.53 Å². The summed E-state index contributed by atoms with van der Waals surface area (Å²) in [5, 5.41) is 2.89. The summed E-state index contributed by atoms with van der Waals surface area (Å²) in [6.45, 7) is 3.59. The minimum Gasteiger partial charge on any atom is -0.375 e. The van der Waals surface area contributed by atoms with Crippen molar-refractivity contribution in [2.75, 3.05) is 20.2 Å². The molecule has 0 radical (unpaired) electrons. The summed E-state index contributed by atoms with van der Waals surface area (Å²) in [7, 11) is 1.81. The minimum absolute atomic E-state index is 0.0175. The summed E-state index contributed by atoms with van der Waals surface area (Å²) in [5.41, 5.74) is 2.17. The molecule has 0 aliphatic heterocycles. The zero-order chi connectivity index (χ0) is 17.2. The van der Waals surface area contributed by atoms with Crippen LogP contribution < -0.4 is 5.32 Å². The maximum Gasteiger partial charge on any atom is 0.317 e. The molecule has 2 rings (SSSR count). The molecule has 0 saturated heterocycles. The van der Waals surface area contributed by atoms with Crippen molar-refractivity contribution >= 4 is 6.03 Å². The van der Waals surface area contributed by atoms with Gasteiger partial charge in [0.05, 0.1) is 19.3 Å². The van der Waals surface area contributed by atoms with Crippen molar-refractivity contribution in [1.82, 2.24) is 15.2 Å². The van der Waals surface area contributed by atoms with E-state index in [9.17, 15) is 4.79 Å². The molecule has 1 atom stereocenters. The van der Waals surface area contributed by atoms with Gasteiger partial charge in [0.25, 0.3) is 0 Å². The van der Waals surface area contributed by atoms with Gasteiger partial charge in [-0.2, -0.15) is 0 Å². The number of benzene rings is 1. The van der Waals surface area contributed by atoms with Gasteiger partial charge in [0.15, 0.2) is 0 Å². The zero-order valence-corrected chi connectivity index (χ0v) is 14.3. The highest BCUT2D eigenvalue weighted by Gasteiger charge is 2.19. The van der Waals surface area contributed by atoms with Crippen LogP contribution in [0.15, 0.2) is 54.9 Å². The third-order valence-electron chi connectivity index (χ3n) is 3.88. The van der Waals surface area contributed by atoms with Crippen LogP contribution in [-0.4, -0.2) is 36.1 Å². The van der Waals surface area contributed by atoms with Gasteiger partial charge < -0.3 is 15.0 Å². The van der Waals surface area contributed by atoms with Crippen molar-refractivity contribution in [1.29, 1.82) is 0 Å². The number of carbonyl (C=O) groups is 1. The fourth-order valence-corrected chi connectivity index (χ4v) is 2.57. The molecule has 0 spiro atoms. The van der Waals surface area contributed by atoms with Crippen molar-refractivity contribution in [3.8, 4) is 0 Å². The third kappa shape index (κ3) is 5.35. The van der Waals surface area contributed by atoms with E-state index in [-0.39, 0.29) is 12.1 Å². The molecule has 128 valence electrons. The van der Waals surface area contributed by atoms with Gasteiger partial charge in [0.2, 0.25) is 0 Å². The van der Waals surface area contributed by atoms with Crippen molar-refractivity contribution in [3.05, 3.63) is 66.0 Å². The van der Waals surface area contributed by atoms with Crippen molar-refractivity contribution in [2.45, 2.75) is 26.0 Å². The molecule has 0 bridgehead atoms. The summed E-state index contributed by atoms with van der Waals surface area (Å²) in [4.78, 5) is 18.1. The number of carbonyl (C=O) groups excluding carboxylic acids is 1. The molecule has 0 saturated carbocycles. The molecule has 1 heterocycles. The first kappa shape index (κ1) is 17.9. The van der Waals surface area contributed by atoms with E-state index in [4.69, 9.17) is 4.74 Å². The van der Waals surface area contributed by atoms with E-state index in [0.717, 1.165) is 17.5 Å². The van der Waals surface area contributed by atoms with E-state index in [1.54, 1.807) is 24.3 Å². The first-order valence-corrected chi connectivity index (χ1v) is 8.24. The highest BCUT2D eigenvalue weighted by molar-refractivity contribution is 5.74. The van der Waals surface area contributed by atoms with Crippen LogP contribution in [0.25, 0.3) is 0 Å². The Balaban J connectivity index is 1.73. The molecule has 5 heteroatoms. The molecule has 2 amide bonds. The van der Waals surface area contributed by atoms with Crippen LogP contribution in [0.5, 0.6) is 0 Å². The molecule has 0 aliphatic carbocycles. The number of ether oxygens (including phenoxy) is 1. The zero-order valence-electron chi connectivity index (χ0n) is 14.3. The summed E-state index contributed by atoms with van der Waals surface area (Å²) >= 11 is 0. The standard InChI is InChI=1S/C19H25N3O2/c1-3-18(17-10-7-11-20-14-17)22(2)19(23)21-12-13-24-15-16-8-5-4-6-9-16/h4-11,14,18H,3,12-13,15H2,1-2H3,(H,21,23). The number of rotatable bonds is 8. The molecule has 0 fully saturated rings. The molecule has 1 unspecified atom stereocenters. The molecule has 2 aromatic rings. The lowest BCUT2D eigenvalue weighted by Gasteiger charge is -2.27. The second-order valence-corrected chi connectivity index (χ2v) is 5.59. The Bertz CT molecular complexity index is 605. The van der Waals surface area contributed by atoms with Gasteiger partial charge in [-0.15, -0.1) is 0 Å². The summed E-state index contributed by atoms with van der Waals surface area (Å²) in [6.07, 6.45) is 4.38. The van der Waals surface area contributed by atoms with Gasteiger partial charge in [-0.05, 0) is 23.6 Å². The minimum atomic E-state index is -0.103. The summed E-state index contributed by atoms with van der Waals surface area (Å²) in [6, 6.07) is 13.8. The first-order valence-electron chi connectivity index (χ1n) is 8.24. The first-order chi connectivity index (χ1) is 11.7. The molecule has 1 N–H and O–H groups in total. The van der Waals surface area contributed by atoms with Crippen LogP contribution >= 0.6 is 0 Å². The van der Waals surface area contributed by atoms with Gasteiger partial charge in [-0.1, -0.05) is 43.3 Å². The Morgan fingerprint density at radius 2 is 2.04 bits per heavy atom. The fraction of sp³-hybridized carbons (Fsp3) is 0.368. The smallest absolute Gasteiger partial charge is 0.317 e. The van der Waals surface area contributed by atoms with Crippen LogP contribution in [0.2, 0.25) is 0 Å². The number of nitrogens with zero attached hydrogens (tertiary/aromatic N) is 2. The topological polar surface area (TPSA) is 54.5 Å². The maximum absolute atomic E-state index is 12.3. The van der Waals surface area contributed by atoms with E-state index < -0.39 is 0 Å². The van der Waals surface area contributed by atoms with Crippen LogP contribution in [0.4, 0.5) is 4.79 Å². The van der Waals surface area contributed by atoms with E-state index in [2.05, 4.69) is 17.2 Å². The Morgan fingerprint density at radius 3 is 2.71 bits per heavy atom. The molecule has 1 aromatic heterocycles. The maximum atomic E-state index is 12.3. The van der Waals surface area contributed by atoms with Gasteiger partial charge in [0, 0.05) is 26.0 Å². The summed E-state index contributed by atoms with van der Waals surface area (Å²) < 4.78 is 5.58. The van der Waals surface area contributed by atoms with E-state index in [1.807, 2.05) is 42.5 Å². The number of hydrogen-bond acceptors (Lipinski definition) is 3. The van der Waals surface area contributed by atoms with Crippen molar-refractivity contribution in [3.63, 3.8) is 0 Å². The lowest BCUT2D eigenvalue weighted by atomic mass is 10.1. The quantitative estimate of drug-likeness (QED) is 0.756. The second kappa shape index (κ2) is 9.67. The van der Waals surface area contributed by atoms with Gasteiger partial charge in [0.1, 0.15) is 0 Å². The third-order valence-corrected chi connectivity index (χ3v) is 3.88. The number of hydrogen-bond donors (Lipinski definition) is 1. The molecular weight excluding hydrogens is 302 g/mol. The Morgan fingerprint density at radius 1 is 1.25 bits per heavy atom. The van der Waals surface area contributed by atoms with Crippen LogP contribution in [0, 0.1) is 0 Å². The largest absolute Gasteiger partial charge is 0.375 e. The van der Waals surface area contributed by atoms with Gasteiger partial charge in [-0.25, -0.2) is 4.79 Å². The number of urea groups is 1. The number of nitrogens with one attached hydrogen (secondary N) is 1. The summed E-state index contributed by atoms with van der Waals surface area (Å²) in [5.74, 6) is 0. The lowest BCUT2D eigenvalue weighted by Crippen LogP contribution is -2.40. The molecule has 1 aromatic carbocycles. The molecule has 5 nitrogen and oxygen atoms in total.